The normalized spacial score (nSPS) is 13.2. The summed E-state index contributed by atoms with van der Waals surface area (Å²) in [5, 5.41) is 7.57. The van der Waals surface area contributed by atoms with E-state index in [9.17, 15) is 28.8 Å². The number of unbranched alkanes of at least 4 members (excludes halogenated alkanes) is 3. The third-order valence-corrected chi connectivity index (χ3v) is 6.44. The molecule has 0 saturated carbocycles. The zero-order valence-corrected chi connectivity index (χ0v) is 25.4. The van der Waals surface area contributed by atoms with Crippen LogP contribution in [0.25, 0.3) is 0 Å². The Kier molecular flexibility index (Phi) is 18.4. The fourth-order valence-electron chi connectivity index (χ4n) is 3.29. The van der Waals surface area contributed by atoms with Crippen LogP contribution in [0.4, 0.5) is 4.79 Å². The Bertz CT molecular complexity index is 847. The van der Waals surface area contributed by atoms with Crippen LogP contribution in [0.2, 0.25) is 0 Å². The highest BCUT2D eigenvalue weighted by Gasteiger charge is 2.28. The topological polar surface area (TPSA) is 175 Å². The van der Waals surface area contributed by atoms with Gasteiger partial charge in [0.2, 0.25) is 11.8 Å². The number of amides is 3. The Morgan fingerprint density at radius 3 is 1.65 bits per heavy atom. The smallest absolute Gasteiger partial charge is 0.408 e. The van der Waals surface area contributed by atoms with Crippen LogP contribution in [-0.2, 0) is 42.9 Å². The van der Waals surface area contributed by atoms with E-state index in [0.29, 0.717) is 6.42 Å². The largest absolute Gasteiger partial charge is 0.467 e. The molecule has 0 fully saturated rings. The number of methoxy groups -OCH3 is 3. The summed E-state index contributed by atoms with van der Waals surface area (Å²) in [5.74, 6) is -2.95. The maximum Gasteiger partial charge on any atom is 0.408 e. The van der Waals surface area contributed by atoms with Crippen molar-refractivity contribution in [3.05, 3.63) is 0 Å². The van der Waals surface area contributed by atoms with Crippen LogP contribution in [0.15, 0.2) is 0 Å². The molecule has 230 valence electrons. The van der Waals surface area contributed by atoms with Crippen LogP contribution >= 0.6 is 11.8 Å². The van der Waals surface area contributed by atoms with E-state index in [2.05, 4.69) is 22.9 Å². The minimum absolute atomic E-state index is 0.0107. The molecule has 0 aliphatic heterocycles. The lowest BCUT2D eigenvalue weighted by Crippen LogP contribution is -2.47. The van der Waals surface area contributed by atoms with E-state index >= 15 is 0 Å². The second-order valence-corrected chi connectivity index (χ2v) is 11.0. The summed E-state index contributed by atoms with van der Waals surface area (Å²) < 4.78 is 19.4. The second kappa shape index (κ2) is 19.9. The van der Waals surface area contributed by atoms with E-state index in [-0.39, 0.29) is 36.7 Å². The first-order valence-electron chi connectivity index (χ1n) is 13.2. The summed E-state index contributed by atoms with van der Waals surface area (Å²) in [6.45, 7) is 7.08. The van der Waals surface area contributed by atoms with Gasteiger partial charge in [0.1, 0.15) is 23.7 Å². The first-order valence-corrected chi connectivity index (χ1v) is 14.3. The number of carbonyl (C=O) groups is 6. The van der Waals surface area contributed by atoms with E-state index in [1.54, 1.807) is 20.8 Å². The summed E-state index contributed by atoms with van der Waals surface area (Å²) in [5.41, 5.74) is -0.775. The maximum absolute atomic E-state index is 12.6. The zero-order valence-electron chi connectivity index (χ0n) is 24.6. The van der Waals surface area contributed by atoms with Crippen molar-refractivity contribution in [2.75, 3.05) is 32.8 Å². The Balaban J connectivity index is 5.03. The molecule has 0 unspecified atom stereocenters. The average molecular weight is 592 g/mol. The van der Waals surface area contributed by atoms with Gasteiger partial charge in [-0.25, -0.2) is 19.2 Å². The van der Waals surface area contributed by atoms with Crippen molar-refractivity contribution in [1.29, 1.82) is 0 Å². The summed E-state index contributed by atoms with van der Waals surface area (Å²) in [6, 6.07) is -3.16. The highest BCUT2D eigenvalue weighted by Crippen LogP contribution is 2.12. The van der Waals surface area contributed by atoms with E-state index in [1.807, 2.05) is 0 Å². The number of nitrogens with one attached hydrogen (secondary N) is 3. The van der Waals surface area contributed by atoms with Gasteiger partial charge in [0.15, 0.2) is 0 Å². The number of ether oxygens (including phenoxy) is 4. The molecule has 3 N–H and O–H groups in total. The molecule has 0 aromatic heterocycles. The standard InChI is InChI=1S/C26H45N3O10S/c1-8-9-10-11-12-20(30)27-17(22(32)36-5)13-14-21(31)28-18(23(33)37-6)15-40-16-19(24(34)38-7)29-25(35)39-26(2,3)4/h17-19H,8-16H2,1-7H3,(H,27,30)(H,28,31)(H,29,35)/t17-,18-,19+/m1/s1. The van der Waals surface area contributed by atoms with Crippen LogP contribution in [0.3, 0.4) is 0 Å². The second-order valence-electron chi connectivity index (χ2n) is 9.90. The van der Waals surface area contributed by atoms with E-state index in [1.165, 1.54) is 14.2 Å². The number of hydrogen-bond donors (Lipinski definition) is 3. The van der Waals surface area contributed by atoms with Crippen molar-refractivity contribution < 1.29 is 47.7 Å². The number of esters is 3. The number of hydrogen-bond acceptors (Lipinski definition) is 11. The summed E-state index contributed by atoms with van der Waals surface area (Å²) >= 11 is 1.09. The summed E-state index contributed by atoms with van der Waals surface area (Å²) in [4.78, 5) is 73.4. The molecule has 0 aromatic carbocycles. The Morgan fingerprint density at radius 1 is 0.675 bits per heavy atom. The molecule has 14 heteroatoms. The van der Waals surface area contributed by atoms with Crippen molar-refractivity contribution in [2.24, 2.45) is 0 Å². The first kappa shape index (κ1) is 37.0. The van der Waals surface area contributed by atoms with Gasteiger partial charge in [-0.2, -0.15) is 11.8 Å². The van der Waals surface area contributed by atoms with Crippen molar-refractivity contribution in [2.45, 2.75) is 96.4 Å². The molecular weight excluding hydrogens is 546 g/mol. The first-order chi connectivity index (χ1) is 18.8. The molecule has 0 aliphatic rings. The van der Waals surface area contributed by atoms with E-state index in [0.717, 1.165) is 38.1 Å². The molecule has 0 spiro atoms. The molecule has 0 heterocycles. The molecule has 40 heavy (non-hydrogen) atoms. The molecule has 3 atom stereocenters. The molecular formula is C26H45N3O10S. The van der Waals surface area contributed by atoms with E-state index < -0.39 is 53.6 Å². The predicted octanol–water partition coefficient (Wildman–Crippen LogP) is 1.85. The highest BCUT2D eigenvalue weighted by molar-refractivity contribution is 7.99. The maximum atomic E-state index is 12.6. The van der Waals surface area contributed by atoms with Gasteiger partial charge in [-0.1, -0.05) is 26.2 Å². The fourth-order valence-corrected chi connectivity index (χ4v) is 4.33. The number of thioether (sulfide) groups is 1. The number of carbonyl (C=O) groups excluding carboxylic acids is 6. The monoisotopic (exact) mass is 591 g/mol. The van der Waals surface area contributed by atoms with Gasteiger partial charge in [-0.3, -0.25) is 9.59 Å². The van der Waals surface area contributed by atoms with E-state index in [4.69, 9.17) is 18.9 Å². The minimum Gasteiger partial charge on any atom is -0.467 e. The van der Waals surface area contributed by atoms with Gasteiger partial charge in [0, 0.05) is 24.3 Å². The average Bonchev–Trinajstić information content (AvgIpc) is 2.89. The minimum atomic E-state index is -1.08. The zero-order chi connectivity index (χ0) is 30.7. The van der Waals surface area contributed by atoms with Crippen molar-refractivity contribution >= 4 is 47.6 Å². The Morgan fingerprint density at radius 2 is 1.15 bits per heavy atom. The molecule has 13 nitrogen and oxygen atoms in total. The van der Waals surface area contributed by atoms with Crippen molar-refractivity contribution in [3.63, 3.8) is 0 Å². The molecule has 0 aliphatic carbocycles. The Labute approximate surface area is 240 Å². The lowest BCUT2D eigenvalue weighted by Gasteiger charge is -2.23. The Hall–Kier alpha value is -3.03. The van der Waals surface area contributed by atoms with Gasteiger partial charge in [-0.05, 0) is 33.6 Å². The van der Waals surface area contributed by atoms with Crippen LogP contribution in [0.1, 0.15) is 72.6 Å². The summed E-state index contributed by atoms with van der Waals surface area (Å²) in [7, 11) is 3.52. The summed E-state index contributed by atoms with van der Waals surface area (Å²) in [6.07, 6.45) is 2.86. The SMILES string of the molecule is CCCCCCC(=O)N[C@H](CCC(=O)N[C@H](CSC[C@H](NC(=O)OC(C)(C)C)C(=O)OC)C(=O)OC)C(=O)OC. The van der Waals surface area contributed by atoms with Gasteiger partial charge in [0.25, 0.3) is 0 Å². The molecule has 0 rings (SSSR count). The van der Waals surface area contributed by atoms with Gasteiger partial charge in [-0.15, -0.1) is 0 Å². The third kappa shape index (κ3) is 16.8. The fraction of sp³-hybridized carbons (Fsp3) is 0.769. The predicted molar refractivity (Wildman–Crippen MR) is 148 cm³/mol. The van der Waals surface area contributed by atoms with Crippen LogP contribution in [0, 0.1) is 0 Å². The van der Waals surface area contributed by atoms with Crippen molar-refractivity contribution in [3.8, 4) is 0 Å². The van der Waals surface area contributed by atoms with Crippen LogP contribution in [0.5, 0.6) is 0 Å². The van der Waals surface area contributed by atoms with Gasteiger partial charge >= 0.3 is 24.0 Å². The lowest BCUT2D eigenvalue weighted by molar-refractivity contribution is -0.146. The molecule has 0 saturated heterocycles. The van der Waals surface area contributed by atoms with Gasteiger partial charge < -0.3 is 34.9 Å². The number of rotatable bonds is 18. The van der Waals surface area contributed by atoms with Crippen LogP contribution < -0.4 is 16.0 Å². The van der Waals surface area contributed by atoms with Crippen molar-refractivity contribution in [1.82, 2.24) is 16.0 Å². The molecule has 3 amide bonds. The molecule has 0 aromatic rings. The number of alkyl carbamates (subject to hydrolysis) is 1. The van der Waals surface area contributed by atoms with Crippen LogP contribution in [-0.4, -0.2) is 92.4 Å². The molecule has 0 radical (unpaired) electrons. The molecule has 0 bridgehead atoms. The highest BCUT2D eigenvalue weighted by atomic mass is 32.2. The lowest BCUT2D eigenvalue weighted by atomic mass is 10.1. The quantitative estimate of drug-likeness (QED) is 0.120. The van der Waals surface area contributed by atoms with Gasteiger partial charge in [0.05, 0.1) is 21.3 Å². The third-order valence-electron chi connectivity index (χ3n) is 5.31.